The molecule has 1 N–H and O–H groups in total. The first-order chi connectivity index (χ1) is 9.15. The number of aryl methyl sites for hydroxylation is 1. The molecular weight excluding hydrogens is 280 g/mol. The van der Waals surface area contributed by atoms with E-state index in [0.717, 1.165) is 21.5 Å². The predicted octanol–water partition coefficient (Wildman–Crippen LogP) is 3.56. The average Bonchev–Trinajstić information content (AvgIpc) is 2.96. The number of thiophene rings is 1. The maximum Gasteiger partial charge on any atom is 0.0938 e. The lowest BCUT2D eigenvalue weighted by Crippen LogP contribution is -2.01. The molecule has 0 aliphatic heterocycles. The van der Waals surface area contributed by atoms with Gasteiger partial charge in [-0.15, -0.1) is 11.3 Å². The van der Waals surface area contributed by atoms with Crippen LogP contribution in [0.4, 0.5) is 0 Å². The van der Waals surface area contributed by atoms with Crippen molar-refractivity contribution < 1.29 is 5.11 Å². The highest BCUT2D eigenvalue weighted by atomic mass is 35.5. The van der Waals surface area contributed by atoms with Crippen LogP contribution in [0.2, 0.25) is 4.34 Å². The Kier molecular flexibility index (Phi) is 3.31. The molecule has 5 heteroatoms. The number of para-hydroxylation sites is 1. The minimum atomic E-state index is -0.559. The van der Waals surface area contributed by atoms with Gasteiger partial charge in [0.25, 0.3) is 0 Å². The molecule has 3 aromatic rings. The molecule has 1 aromatic carbocycles. The second kappa shape index (κ2) is 4.96. The lowest BCUT2D eigenvalue weighted by molar-refractivity contribution is 0.181. The zero-order chi connectivity index (χ0) is 13.4. The molecule has 1 unspecified atom stereocenters. The van der Waals surface area contributed by atoms with Crippen molar-refractivity contribution in [3.05, 3.63) is 51.3 Å². The van der Waals surface area contributed by atoms with Gasteiger partial charge in [0.05, 0.1) is 21.7 Å². The van der Waals surface area contributed by atoms with Crippen LogP contribution in [-0.2, 0) is 13.5 Å². The van der Waals surface area contributed by atoms with Crippen molar-refractivity contribution in [2.75, 3.05) is 0 Å². The number of rotatable bonds is 3. The van der Waals surface area contributed by atoms with Crippen molar-refractivity contribution >= 4 is 33.8 Å². The van der Waals surface area contributed by atoms with Crippen LogP contribution >= 0.6 is 22.9 Å². The molecule has 3 nitrogen and oxygen atoms in total. The topological polar surface area (TPSA) is 38.0 Å². The number of aliphatic hydroxyl groups is 1. The molecule has 0 saturated carbocycles. The fourth-order valence-electron chi connectivity index (χ4n) is 2.23. The van der Waals surface area contributed by atoms with E-state index in [1.807, 2.05) is 42.1 Å². The highest BCUT2D eigenvalue weighted by Crippen LogP contribution is 2.30. The first kappa shape index (κ1) is 12.7. The lowest BCUT2D eigenvalue weighted by atomic mass is 10.1. The van der Waals surface area contributed by atoms with Crippen molar-refractivity contribution in [3.8, 4) is 0 Å². The Labute approximate surface area is 120 Å². The van der Waals surface area contributed by atoms with Gasteiger partial charge in [-0.3, -0.25) is 4.68 Å². The summed E-state index contributed by atoms with van der Waals surface area (Å²) < 4.78 is 2.54. The molecule has 0 spiro atoms. The van der Waals surface area contributed by atoms with E-state index in [-0.39, 0.29) is 0 Å². The summed E-state index contributed by atoms with van der Waals surface area (Å²) in [4.78, 5) is 0.875. The smallest absolute Gasteiger partial charge is 0.0938 e. The lowest BCUT2D eigenvalue weighted by Gasteiger charge is -2.06. The van der Waals surface area contributed by atoms with E-state index in [1.165, 1.54) is 11.3 Å². The number of benzene rings is 1. The molecule has 0 aliphatic carbocycles. The Balaban J connectivity index is 1.93. The van der Waals surface area contributed by atoms with E-state index >= 15 is 0 Å². The summed E-state index contributed by atoms with van der Waals surface area (Å²) in [7, 11) is 1.92. The Morgan fingerprint density at radius 2 is 2.11 bits per heavy atom. The summed E-state index contributed by atoms with van der Waals surface area (Å²) in [6.45, 7) is 0. The van der Waals surface area contributed by atoms with Crippen LogP contribution in [0.3, 0.4) is 0 Å². The summed E-state index contributed by atoms with van der Waals surface area (Å²) in [6.07, 6.45) is -0.0612. The fourth-order valence-corrected chi connectivity index (χ4v) is 3.28. The van der Waals surface area contributed by atoms with Crippen molar-refractivity contribution in [2.45, 2.75) is 12.5 Å². The summed E-state index contributed by atoms with van der Waals surface area (Å²) in [6, 6.07) is 11.7. The Morgan fingerprint density at radius 1 is 1.32 bits per heavy atom. The van der Waals surface area contributed by atoms with Crippen molar-refractivity contribution in [2.24, 2.45) is 7.05 Å². The van der Waals surface area contributed by atoms with Gasteiger partial charge < -0.3 is 5.11 Å². The van der Waals surface area contributed by atoms with E-state index in [4.69, 9.17) is 11.6 Å². The second-order valence-corrected chi connectivity index (χ2v) is 6.20. The molecule has 2 aromatic heterocycles. The van der Waals surface area contributed by atoms with Gasteiger partial charge in [-0.1, -0.05) is 29.8 Å². The minimum absolute atomic E-state index is 0.498. The highest BCUT2D eigenvalue weighted by molar-refractivity contribution is 7.16. The van der Waals surface area contributed by atoms with Crippen LogP contribution in [0, 0.1) is 0 Å². The molecular formula is C14H13ClN2OS. The molecule has 19 heavy (non-hydrogen) atoms. The molecule has 3 rings (SSSR count). The summed E-state index contributed by atoms with van der Waals surface area (Å²) in [5, 5.41) is 15.8. The van der Waals surface area contributed by atoms with E-state index in [1.54, 1.807) is 6.07 Å². The number of nitrogens with zero attached hydrogens (tertiary/aromatic N) is 2. The Bertz CT molecular complexity index is 719. The normalized spacial score (nSPS) is 13.0. The van der Waals surface area contributed by atoms with E-state index < -0.39 is 6.10 Å². The summed E-state index contributed by atoms with van der Waals surface area (Å²) >= 11 is 7.30. The Morgan fingerprint density at radius 3 is 2.84 bits per heavy atom. The standard InChI is InChI=1S/C14H13ClN2OS/c1-17-11-5-3-2-4-9(11)10(16-17)8-12(18)13-6-7-14(15)19-13/h2-7,12,18H,8H2,1H3. The minimum Gasteiger partial charge on any atom is -0.387 e. The molecule has 0 saturated heterocycles. The summed E-state index contributed by atoms with van der Waals surface area (Å²) in [5.41, 5.74) is 1.99. The van der Waals surface area contributed by atoms with Gasteiger partial charge in [0.1, 0.15) is 0 Å². The summed E-state index contributed by atoms with van der Waals surface area (Å²) in [5.74, 6) is 0. The van der Waals surface area contributed by atoms with Gasteiger partial charge >= 0.3 is 0 Å². The molecule has 0 radical (unpaired) electrons. The number of aliphatic hydroxyl groups excluding tert-OH is 1. The van der Waals surface area contributed by atoms with E-state index in [9.17, 15) is 5.11 Å². The zero-order valence-corrected chi connectivity index (χ0v) is 11.9. The third kappa shape index (κ3) is 2.39. The molecule has 0 amide bonds. The number of hydrogen-bond acceptors (Lipinski definition) is 3. The third-order valence-electron chi connectivity index (χ3n) is 3.14. The molecule has 98 valence electrons. The van der Waals surface area contributed by atoms with Gasteiger partial charge in [0.15, 0.2) is 0 Å². The van der Waals surface area contributed by atoms with Crippen LogP contribution in [0.1, 0.15) is 16.7 Å². The third-order valence-corrected chi connectivity index (χ3v) is 4.48. The number of halogens is 1. The van der Waals surface area contributed by atoms with Gasteiger partial charge in [-0.25, -0.2) is 0 Å². The largest absolute Gasteiger partial charge is 0.387 e. The molecule has 2 heterocycles. The van der Waals surface area contributed by atoms with Crippen LogP contribution in [-0.4, -0.2) is 14.9 Å². The maximum atomic E-state index is 10.3. The van der Waals surface area contributed by atoms with Crippen molar-refractivity contribution in [1.82, 2.24) is 9.78 Å². The van der Waals surface area contributed by atoms with E-state index in [0.29, 0.717) is 10.8 Å². The highest BCUT2D eigenvalue weighted by Gasteiger charge is 2.15. The van der Waals surface area contributed by atoms with Crippen LogP contribution < -0.4 is 0 Å². The van der Waals surface area contributed by atoms with Crippen LogP contribution in [0.15, 0.2) is 36.4 Å². The maximum absolute atomic E-state index is 10.3. The van der Waals surface area contributed by atoms with Crippen LogP contribution in [0.5, 0.6) is 0 Å². The molecule has 1 atom stereocenters. The zero-order valence-electron chi connectivity index (χ0n) is 10.4. The molecule has 0 fully saturated rings. The molecule has 0 bridgehead atoms. The fraction of sp³-hybridized carbons (Fsp3) is 0.214. The average molecular weight is 293 g/mol. The first-order valence-electron chi connectivity index (χ1n) is 5.99. The number of fused-ring (bicyclic) bond motifs is 1. The molecule has 0 aliphatic rings. The van der Waals surface area contributed by atoms with Crippen molar-refractivity contribution in [3.63, 3.8) is 0 Å². The second-order valence-electron chi connectivity index (χ2n) is 4.45. The van der Waals surface area contributed by atoms with Gasteiger partial charge in [0.2, 0.25) is 0 Å². The van der Waals surface area contributed by atoms with Gasteiger partial charge in [-0.05, 0) is 18.2 Å². The van der Waals surface area contributed by atoms with Gasteiger partial charge in [0, 0.05) is 23.7 Å². The quantitative estimate of drug-likeness (QED) is 0.801. The van der Waals surface area contributed by atoms with Crippen molar-refractivity contribution in [1.29, 1.82) is 0 Å². The van der Waals surface area contributed by atoms with E-state index in [2.05, 4.69) is 5.10 Å². The van der Waals surface area contributed by atoms with Crippen LogP contribution in [0.25, 0.3) is 10.9 Å². The first-order valence-corrected chi connectivity index (χ1v) is 7.18. The SMILES string of the molecule is Cn1nc(CC(O)c2ccc(Cl)s2)c2ccccc21. The monoisotopic (exact) mass is 292 g/mol. The predicted molar refractivity (Wildman–Crippen MR) is 78.7 cm³/mol. The Hall–Kier alpha value is -1.36. The number of aromatic nitrogens is 2. The van der Waals surface area contributed by atoms with Gasteiger partial charge in [-0.2, -0.15) is 5.10 Å². The number of hydrogen-bond donors (Lipinski definition) is 1.